The summed E-state index contributed by atoms with van der Waals surface area (Å²) in [6.07, 6.45) is 0.621. The first-order chi connectivity index (χ1) is 13.0. The summed E-state index contributed by atoms with van der Waals surface area (Å²) >= 11 is 3.30. The summed E-state index contributed by atoms with van der Waals surface area (Å²) in [6.45, 7) is 0. The Morgan fingerprint density at radius 2 is 1.52 bits per heavy atom. The van der Waals surface area contributed by atoms with Gasteiger partial charge in [0.15, 0.2) is 11.5 Å². The van der Waals surface area contributed by atoms with E-state index in [-0.39, 0.29) is 18.2 Å². The van der Waals surface area contributed by atoms with Gasteiger partial charge >= 0.3 is 0 Å². The monoisotopic (exact) mass is 436 g/mol. The fourth-order valence-electron chi connectivity index (χ4n) is 2.40. The molecule has 27 heavy (non-hydrogen) atoms. The molecule has 0 aliphatic rings. The first kappa shape index (κ1) is 20.6. The number of ether oxygens (including phenoxy) is 3. The number of carbonyl (C=O) groups is 2. The van der Waals surface area contributed by atoms with E-state index in [9.17, 15) is 9.59 Å². The van der Waals surface area contributed by atoms with E-state index in [1.807, 2.05) is 0 Å². The lowest BCUT2D eigenvalue weighted by molar-refractivity contribution is -0.121. The minimum atomic E-state index is -0.386. The van der Waals surface area contributed by atoms with Crippen LogP contribution >= 0.6 is 15.9 Å². The zero-order valence-electron chi connectivity index (χ0n) is 15.3. The lowest BCUT2D eigenvalue weighted by Gasteiger charge is -2.14. The minimum absolute atomic E-state index is 0.180. The van der Waals surface area contributed by atoms with Crippen molar-refractivity contribution in [2.45, 2.75) is 12.8 Å². The Morgan fingerprint density at radius 3 is 2.04 bits per heavy atom. The summed E-state index contributed by atoms with van der Waals surface area (Å²) in [6, 6.07) is 10.4. The van der Waals surface area contributed by atoms with Crippen LogP contribution in [0.4, 0.5) is 0 Å². The van der Waals surface area contributed by atoms with Crippen molar-refractivity contribution in [1.29, 1.82) is 0 Å². The average molecular weight is 437 g/mol. The van der Waals surface area contributed by atoms with Gasteiger partial charge in [0, 0.05) is 16.5 Å². The fraction of sp³-hybridized carbons (Fsp3) is 0.263. The molecule has 0 radical (unpaired) electrons. The van der Waals surface area contributed by atoms with E-state index in [0.717, 1.165) is 10.0 Å². The van der Waals surface area contributed by atoms with E-state index in [4.69, 9.17) is 14.2 Å². The van der Waals surface area contributed by atoms with E-state index >= 15 is 0 Å². The second kappa shape index (κ2) is 9.82. The maximum atomic E-state index is 12.0. The van der Waals surface area contributed by atoms with E-state index < -0.39 is 0 Å². The second-order valence-corrected chi connectivity index (χ2v) is 6.46. The number of amides is 2. The van der Waals surface area contributed by atoms with Gasteiger partial charge in [0.25, 0.3) is 5.91 Å². The van der Waals surface area contributed by atoms with Crippen LogP contribution in [-0.4, -0.2) is 33.1 Å². The number of carbonyl (C=O) groups excluding carboxylic acids is 2. The molecule has 0 atom stereocenters. The van der Waals surface area contributed by atoms with E-state index in [1.165, 1.54) is 21.3 Å². The van der Waals surface area contributed by atoms with Gasteiger partial charge in [-0.15, -0.1) is 0 Å². The van der Waals surface area contributed by atoms with Crippen LogP contribution in [0.15, 0.2) is 40.9 Å². The molecule has 0 aliphatic heterocycles. The molecular formula is C19H21BrN2O5. The van der Waals surface area contributed by atoms with E-state index in [2.05, 4.69) is 26.8 Å². The predicted octanol–water partition coefficient (Wildman–Crippen LogP) is 2.87. The number of methoxy groups -OCH3 is 3. The van der Waals surface area contributed by atoms with Crippen molar-refractivity contribution in [3.05, 3.63) is 52.0 Å². The van der Waals surface area contributed by atoms with Gasteiger partial charge < -0.3 is 14.2 Å². The molecule has 0 heterocycles. The van der Waals surface area contributed by atoms with Crippen LogP contribution in [0.3, 0.4) is 0 Å². The Labute approximate surface area is 166 Å². The van der Waals surface area contributed by atoms with Gasteiger partial charge in [-0.3, -0.25) is 20.4 Å². The number of hydrogen-bond acceptors (Lipinski definition) is 5. The van der Waals surface area contributed by atoms with Crippen molar-refractivity contribution in [3.8, 4) is 17.2 Å². The molecule has 0 bridgehead atoms. The molecule has 0 unspecified atom stereocenters. The molecule has 2 N–H and O–H groups in total. The number of aryl methyl sites for hydroxylation is 1. The average Bonchev–Trinajstić information content (AvgIpc) is 2.69. The first-order valence-corrected chi connectivity index (χ1v) is 8.91. The molecule has 144 valence electrons. The third-order valence-corrected chi connectivity index (χ3v) is 4.32. The van der Waals surface area contributed by atoms with Crippen LogP contribution in [-0.2, 0) is 11.2 Å². The third kappa shape index (κ3) is 5.62. The summed E-state index contributed by atoms with van der Waals surface area (Å²) in [4.78, 5) is 24.0. The van der Waals surface area contributed by atoms with Gasteiger partial charge in [-0.05, 0) is 48.4 Å². The van der Waals surface area contributed by atoms with Crippen LogP contribution in [0.1, 0.15) is 22.3 Å². The number of nitrogens with one attached hydrogen (secondary N) is 2. The Hall–Kier alpha value is -2.74. The van der Waals surface area contributed by atoms with Crippen molar-refractivity contribution in [3.63, 3.8) is 0 Å². The van der Waals surface area contributed by atoms with Crippen LogP contribution in [0.2, 0.25) is 0 Å². The Kier molecular flexibility index (Phi) is 7.48. The fourth-order valence-corrected chi connectivity index (χ4v) is 2.66. The largest absolute Gasteiger partial charge is 0.493 e. The maximum Gasteiger partial charge on any atom is 0.269 e. The Morgan fingerprint density at radius 1 is 0.926 bits per heavy atom. The molecule has 0 saturated carbocycles. The molecule has 0 fully saturated rings. The molecule has 2 rings (SSSR count). The number of hydrogen-bond donors (Lipinski definition) is 2. The lowest BCUT2D eigenvalue weighted by atomic mass is 10.1. The van der Waals surface area contributed by atoms with Crippen molar-refractivity contribution in [1.82, 2.24) is 10.9 Å². The van der Waals surface area contributed by atoms with Crippen LogP contribution in [0.5, 0.6) is 17.2 Å². The molecule has 8 heteroatoms. The van der Waals surface area contributed by atoms with Crippen LogP contribution < -0.4 is 25.1 Å². The Bertz CT molecular complexity index is 783. The highest BCUT2D eigenvalue weighted by molar-refractivity contribution is 9.10. The van der Waals surface area contributed by atoms with Gasteiger partial charge in [0.2, 0.25) is 11.7 Å². The highest BCUT2D eigenvalue weighted by atomic mass is 79.9. The summed E-state index contributed by atoms with van der Waals surface area (Å²) in [5, 5.41) is 0. The van der Waals surface area contributed by atoms with Crippen molar-refractivity contribution in [2.75, 3.05) is 21.3 Å². The molecule has 2 aromatic carbocycles. The number of rotatable bonds is 7. The molecule has 0 saturated heterocycles. The van der Waals surface area contributed by atoms with Crippen molar-refractivity contribution < 1.29 is 23.8 Å². The standard InChI is InChI=1S/C19H21BrN2O5/c1-25-15-10-12(11-16(26-2)18(15)27-3)4-9-17(23)21-22-19(24)13-5-7-14(20)8-6-13/h5-8,10-11H,4,9H2,1-3H3,(H,21,23)(H,22,24). The van der Waals surface area contributed by atoms with Crippen LogP contribution in [0.25, 0.3) is 0 Å². The van der Waals surface area contributed by atoms with Gasteiger partial charge in [0.1, 0.15) is 0 Å². The summed E-state index contributed by atoms with van der Waals surface area (Å²) in [5.74, 6) is 0.847. The number of benzene rings is 2. The molecule has 0 aliphatic carbocycles. The highest BCUT2D eigenvalue weighted by Crippen LogP contribution is 2.38. The Balaban J connectivity index is 1.91. The van der Waals surface area contributed by atoms with Gasteiger partial charge in [-0.2, -0.15) is 0 Å². The number of halogens is 1. The number of hydrazine groups is 1. The topological polar surface area (TPSA) is 85.9 Å². The molecular weight excluding hydrogens is 416 g/mol. The van der Waals surface area contributed by atoms with Crippen LogP contribution in [0, 0.1) is 0 Å². The SMILES string of the molecule is COc1cc(CCC(=O)NNC(=O)c2ccc(Br)cc2)cc(OC)c1OC. The van der Waals surface area contributed by atoms with Gasteiger partial charge in [-0.1, -0.05) is 15.9 Å². The smallest absolute Gasteiger partial charge is 0.269 e. The molecule has 7 nitrogen and oxygen atoms in total. The van der Waals surface area contributed by atoms with Crippen molar-refractivity contribution >= 4 is 27.7 Å². The van der Waals surface area contributed by atoms with Gasteiger partial charge in [0.05, 0.1) is 21.3 Å². The quantitative estimate of drug-likeness (QED) is 0.651. The zero-order chi connectivity index (χ0) is 19.8. The third-order valence-electron chi connectivity index (χ3n) is 3.79. The lowest BCUT2D eigenvalue weighted by Crippen LogP contribution is -2.41. The first-order valence-electron chi connectivity index (χ1n) is 8.12. The predicted molar refractivity (Wildman–Crippen MR) is 104 cm³/mol. The molecule has 0 spiro atoms. The normalized spacial score (nSPS) is 10.1. The highest BCUT2D eigenvalue weighted by Gasteiger charge is 2.14. The summed E-state index contributed by atoms with van der Waals surface area (Å²) in [7, 11) is 4.60. The minimum Gasteiger partial charge on any atom is -0.493 e. The van der Waals surface area contributed by atoms with E-state index in [0.29, 0.717) is 29.2 Å². The summed E-state index contributed by atoms with van der Waals surface area (Å²) in [5.41, 5.74) is 6.10. The van der Waals surface area contributed by atoms with E-state index in [1.54, 1.807) is 36.4 Å². The zero-order valence-corrected chi connectivity index (χ0v) is 16.9. The molecule has 2 aromatic rings. The molecule has 2 amide bonds. The molecule has 0 aromatic heterocycles. The summed E-state index contributed by atoms with van der Waals surface area (Å²) < 4.78 is 16.7. The van der Waals surface area contributed by atoms with Crippen molar-refractivity contribution in [2.24, 2.45) is 0 Å². The second-order valence-electron chi connectivity index (χ2n) is 5.54. The van der Waals surface area contributed by atoms with Gasteiger partial charge in [-0.25, -0.2) is 0 Å². The maximum absolute atomic E-state index is 12.0.